The molecule has 4 unspecified atom stereocenters. The summed E-state index contributed by atoms with van der Waals surface area (Å²) >= 11 is 11.4. The van der Waals surface area contributed by atoms with Crippen molar-refractivity contribution in [3.05, 3.63) is 179 Å². The van der Waals surface area contributed by atoms with Gasteiger partial charge in [-0.25, -0.2) is 0 Å². The minimum atomic E-state index is 0.0619. The molecular weight excluding hydrogens is 2070 g/mol. The van der Waals surface area contributed by atoms with E-state index in [1.165, 1.54) is 406 Å². The zero-order valence-electron chi connectivity index (χ0n) is 90.3. The average Bonchev–Trinajstić information content (AvgIpc) is 1.56. The second-order valence-electron chi connectivity index (χ2n) is 43.5. The van der Waals surface area contributed by atoms with E-state index in [1.807, 2.05) is 0 Å². The maximum absolute atomic E-state index is 15.3. The van der Waals surface area contributed by atoms with E-state index in [0.29, 0.717) is 23.7 Å². The topological polar surface area (TPSA) is 81.2 Å². The van der Waals surface area contributed by atoms with Crippen LogP contribution in [0.15, 0.2) is 132 Å². The second-order valence-corrected chi connectivity index (χ2v) is 53.1. The number of hydrogen-bond donors (Lipinski definition) is 0. The molecule has 0 radical (unpaired) electrons. The first-order valence-electron chi connectivity index (χ1n) is 58.9. The Hall–Kier alpha value is -5.36. The summed E-state index contributed by atoms with van der Waals surface area (Å²) in [7, 11) is 0. The molecule has 0 saturated carbocycles. The van der Waals surface area contributed by atoms with Gasteiger partial charge in [0.05, 0.1) is 22.5 Å². The summed E-state index contributed by atoms with van der Waals surface area (Å²) in [5.41, 5.74) is 10.8. The molecule has 6 aromatic carbocycles. The van der Waals surface area contributed by atoms with Gasteiger partial charge in [-0.3, -0.25) is 9.59 Å². The summed E-state index contributed by atoms with van der Waals surface area (Å²) in [5, 5.41) is 8.66. The van der Waals surface area contributed by atoms with Crippen LogP contribution in [-0.2, 0) is 19.2 Å². The van der Waals surface area contributed by atoms with E-state index < -0.39 is 0 Å². The number of halogens is 3. The van der Waals surface area contributed by atoms with Crippen molar-refractivity contribution < 1.29 is 19.2 Å². The Morgan fingerprint density at radius 3 is 0.613 bits per heavy atom. The van der Waals surface area contributed by atoms with Crippen LogP contribution in [0.4, 0.5) is 22.7 Å². The fourth-order valence-corrected chi connectivity index (χ4v) is 29.2. The molecule has 13 heteroatoms. The molecule has 6 heterocycles. The number of benzene rings is 6. The van der Waals surface area contributed by atoms with Gasteiger partial charge < -0.3 is 9.80 Å². The predicted molar refractivity (Wildman–Crippen MR) is 628 cm³/mol. The first-order valence-corrected chi connectivity index (χ1v) is 64.7. The number of hydrogen-bond acceptors (Lipinski definition) is 4. The van der Waals surface area contributed by atoms with Crippen LogP contribution in [0.2, 0.25) is 0 Å². The van der Waals surface area contributed by atoms with Crippen molar-refractivity contribution in [3.63, 3.8) is 0 Å². The Morgan fingerprint density at radius 2 is 0.408 bits per heavy atom. The molecule has 0 saturated heterocycles. The number of fused-ring (bicyclic) bond motifs is 10. The summed E-state index contributed by atoms with van der Waals surface area (Å²) in [6.07, 6.45) is 82.5. The Bertz CT molecular complexity index is 5030. The molecule has 4 atom stereocenters. The number of unbranched alkanes of at least 4 members (excludes halogenated alkanes) is 48. The van der Waals surface area contributed by atoms with Crippen molar-refractivity contribution in [1.82, 2.24) is 0 Å². The smallest absolute Gasteiger partial charge is 0.307 e. The molecule has 8 nitrogen and oxygen atoms in total. The monoisotopic (exact) mass is 2250 g/mol. The Balaban J connectivity index is 0.000000271. The zero-order valence-corrected chi connectivity index (χ0v) is 98.5. The number of amides is 4. The van der Waals surface area contributed by atoms with Gasteiger partial charge in [-0.2, -0.15) is 0 Å². The van der Waals surface area contributed by atoms with E-state index in [-0.39, 0.29) is 52.6 Å². The van der Waals surface area contributed by atoms with E-state index in [2.05, 4.69) is 251 Å². The van der Waals surface area contributed by atoms with E-state index in [0.717, 1.165) is 155 Å². The molecule has 0 fully saturated rings. The van der Waals surface area contributed by atoms with Crippen molar-refractivity contribution in [1.29, 1.82) is 0 Å². The molecule has 0 aliphatic carbocycles. The van der Waals surface area contributed by atoms with Crippen molar-refractivity contribution >= 4 is 167 Å². The number of anilines is 4. The second kappa shape index (κ2) is 66.3. The fourth-order valence-electron chi connectivity index (χ4n) is 23.6. The van der Waals surface area contributed by atoms with Gasteiger partial charge in [-0.1, -0.05) is 369 Å². The van der Waals surface area contributed by atoms with Crippen LogP contribution in [0, 0.1) is 30.6 Å². The molecule has 142 heavy (non-hydrogen) atoms. The fraction of sp³-hybridized carbons (Fsp3) is 0.628. The van der Waals surface area contributed by atoms with Crippen molar-refractivity contribution in [2.75, 3.05) is 45.8 Å². The molecule has 780 valence electrons. The molecular formula is C129H187Br3N4O4Se2. The third-order valence-electron chi connectivity index (χ3n) is 31.9. The van der Waals surface area contributed by atoms with Crippen LogP contribution < -0.4 is 40.5 Å². The van der Waals surface area contributed by atoms with Crippen LogP contribution in [0.3, 0.4) is 0 Å². The molecule has 0 bridgehead atoms. The quantitative estimate of drug-likeness (QED) is 0.0281. The van der Waals surface area contributed by atoms with Crippen molar-refractivity contribution in [3.8, 4) is 0 Å². The Labute approximate surface area is 900 Å². The van der Waals surface area contributed by atoms with Gasteiger partial charge in [-0.05, 0) is 67.7 Å². The molecule has 12 rings (SSSR count). The summed E-state index contributed by atoms with van der Waals surface area (Å²) in [6, 6.07) is 43.7. The molecule has 0 N–H and O–H groups in total. The van der Waals surface area contributed by atoms with E-state index >= 15 is 19.2 Å². The number of nitrogens with zero attached hydrogens (tertiary/aromatic N) is 4. The normalized spacial score (nSPS) is 14.4. The number of rotatable bonds is 76. The maximum atomic E-state index is 15.3. The molecule has 8 aromatic rings. The van der Waals surface area contributed by atoms with Gasteiger partial charge in [0.1, 0.15) is 0 Å². The summed E-state index contributed by atoms with van der Waals surface area (Å²) in [6.45, 7) is 23.5. The third-order valence-corrected chi connectivity index (χ3v) is 38.4. The number of carbonyl (C=O) groups excluding carboxylic acids is 4. The van der Waals surface area contributed by atoms with Crippen LogP contribution >= 0.6 is 47.8 Å². The van der Waals surface area contributed by atoms with Gasteiger partial charge >= 0.3 is 379 Å². The minimum Gasteiger partial charge on any atom is -0.307 e. The molecule has 2 aromatic heterocycles. The van der Waals surface area contributed by atoms with Crippen LogP contribution in [-0.4, -0.2) is 78.8 Å². The molecule has 4 aliphatic rings. The molecule has 0 spiro atoms. The predicted octanol–water partition coefficient (Wildman–Crippen LogP) is 36.2. The average molecular weight is 2260 g/mol. The van der Waals surface area contributed by atoms with Crippen LogP contribution in [0.5, 0.6) is 0 Å². The Morgan fingerprint density at radius 1 is 0.218 bits per heavy atom. The van der Waals surface area contributed by atoms with Crippen LogP contribution in [0.1, 0.15) is 492 Å². The molecule has 4 amide bonds. The van der Waals surface area contributed by atoms with Gasteiger partial charge in [0.25, 0.3) is 11.8 Å². The first kappa shape index (κ1) is 117. The standard InChI is InChI=1S/C67H97BrN2O2.C62H90Br2N2O2Se2/c1-6-10-14-18-22-24-28-32-36-53(34-30-26-20-16-12-8-3)50-69-64-58-47-49-61-63(56-42-44-57(68)45-43-56)67(72)70(51-54(35-31-27-21-17-13-9-4)37-33-29-25-23-19-15-11-7-2)65(61)59(58)46-48-60(64)62(66(69)71)55-40-38-52(5)39-41-55;1-5-9-13-17-21-23-27-31-35-47(33-29-25-19-15-11-7-3)45-65-59-49-37-40-52-58(54-42-44-56(64)70-54)62(68)66(60(52)50(49)38-39-51(59)57(61(65)67)53-41-43-55(63)69-53)46-48(34-30-26-20-16-12-8-4)36-32-28-24-22-18-14-10-6-2/h38-49,53-54H,6-37,50-51H2,1-5H3;37-44,47-48H,5-36,45-46H2,1-4H3. The first-order chi connectivity index (χ1) is 69.6. The number of aryl methyl sites for hydroxylation is 1. The van der Waals surface area contributed by atoms with Gasteiger partial charge in [0, 0.05) is 38.8 Å². The van der Waals surface area contributed by atoms with E-state index in [4.69, 9.17) is 0 Å². The van der Waals surface area contributed by atoms with Crippen molar-refractivity contribution in [2.24, 2.45) is 23.7 Å². The summed E-state index contributed by atoms with van der Waals surface area (Å²) in [5.74, 6) is 2.38. The molecule has 4 aliphatic heterocycles. The summed E-state index contributed by atoms with van der Waals surface area (Å²) < 4.78 is 5.73. The minimum absolute atomic E-state index is 0.0619. The van der Waals surface area contributed by atoms with Gasteiger partial charge in [-0.15, -0.1) is 0 Å². The third kappa shape index (κ3) is 35.4. The van der Waals surface area contributed by atoms with Crippen LogP contribution in [0.25, 0.3) is 43.8 Å². The van der Waals surface area contributed by atoms with Gasteiger partial charge in [0.15, 0.2) is 0 Å². The Kier molecular flexibility index (Phi) is 54.5. The van der Waals surface area contributed by atoms with E-state index in [1.54, 1.807) is 0 Å². The van der Waals surface area contributed by atoms with Gasteiger partial charge in [0.2, 0.25) is 0 Å². The SMILES string of the molecule is CCCCCCCCCCC(CCCCCCCC)CN1C(=O)C(c2ccc(Br)[se]2)=c2ccc3c4c(ccc3c21)=C(c1ccc(Br)[se]1)C(=O)N4CC(CCCCCCCC)CCCCCCCCCC.CCCCCCCCCCC(CCCCCCCC)CN1C(=O)C(c2ccc(C)cc2)=c2ccc3c4c(ccc3c21)=C(c1ccc(Br)cc1)C(=O)N4CC(CCCCCCCC)CCCCCCCCCC. The summed E-state index contributed by atoms with van der Waals surface area (Å²) in [4.78, 5) is 70.1. The van der Waals surface area contributed by atoms with E-state index in [9.17, 15) is 0 Å². The van der Waals surface area contributed by atoms with Crippen molar-refractivity contribution in [2.45, 2.75) is 473 Å². The number of carbonyl (C=O) groups is 4. The zero-order chi connectivity index (χ0) is 100.